The maximum Gasteiger partial charge on any atom is 0.150 e. The standard InChI is InChI=1S/C12H12N2O/c1-10-5-6-14(13-10)8-11-3-2-4-12(7-11)9-15/h2-7,9H,8H2,1H3. The summed E-state index contributed by atoms with van der Waals surface area (Å²) in [5.74, 6) is 0. The topological polar surface area (TPSA) is 34.9 Å². The second-order valence-corrected chi connectivity index (χ2v) is 3.52. The molecule has 3 nitrogen and oxygen atoms in total. The van der Waals surface area contributed by atoms with Crippen LogP contribution in [-0.4, -0.2) is 16.1 Å². The van der Waals surface area contributed by atoms with Crippen molar-refractivity contribution in [3.63, 3.8) is 0 Å². The van der Waals surface area contributed by atoms with Crippen LogP contribution in [0.4, 0.5) is 0 Å². The van der Waals surface area contributed by atoms with Crippen molar-refractivity contribution in [3.8, 4) is 0 Å². The fourth-order valence-corrected chi connectivity index (χ4v) is 1.50. The highest BCUT2D eigenvalue weighted by atomic mass is 16.1. The third-order valence-corrected chi connectivity index (χ3v) is 2.21. The van der Waals surface area contributed by atoms with Crippen LogP contribution >= 0.6 is 0 Å². The minimum Gasteiger partial charge on any atom is -0.298 e. The van der Waals surface area contributed by atoms with Crippen LogP contribution in [0.25, 0.3) is 0 Å². The molecule has 0 aliphatic rings. The average Bonchev–Trinajstić information content (AvgIpc) is 2.64. The normalized spacial score (nSPS) is 10.2. The molecule has 0 atom stereocenters. The monoisotopic (exact) mass is 200 g/mol. The van der Waals surface area contributed by atoms with E-state index in [-0.39, 0.29) is 0 Å². The second-order valence-electron chi connectivity index (χ2n) is 3.52. The third kappa shape index (κ3) is 2.31. The summed E-state index contributed by atoms with van der Waals surface area (Å²) >= 11 is 0. The summed E-state index contributed by atoms with van der Waals surface area (Å²) in [7, 11) is 0. The lowest BCUT2D eigenvalue weighted by molar-refractivity contribution is 0.112. The number of nitrogens with zero attached hydrogens (tertiary/aromatic N) is 2. The van der Waals surface area contributed by atoms with Crippen LogP contribution in [0.2, 0.25) is 0 Å². The molecule has 1 heterocycles. The summed E-state index contributed by atoms with van der Waals surface area (Å²) in [5, 5.41) is 4.29. The first-order valence-electron chi connectivity index (χ1n) is 4.82. The van der Waals surface area contributed by atoms with E-state index in [1.165, 1.54) is 0 Å². The van der Waals surface area contributed by atoms with Crippen LogP contribution in [-0.2, 0) is 6.54 Å². The van der Waals surface area contributed by atoms with Gasteiger partial charge in [0.25, 0.3) is 0 Å². The molecule has 76 valence electrons. The van der Waals surface area contributed by atoms with Crippen LogP contribution in [0.5, 0.6) is 0 Å². The van der Waals surface area contributed by atoms with E-state index in [0.717, 1.165) is 17.5 Å². The zero-order chi connectivity index (χ0) is 10.7. The van der Waals surface area contributed by atoms with Crippen molar-refractivity contribution in [2.45, 2.75) is 13.5 Å². The largest absolute Gasteiger partial charge is 0.298 e. The zero-order valence-corrected chi connectivity index (χ0v) is 8.55. The quantitative estimate of drug-likeness (QED) is 0.711. The average molecular weight is 200 g/mol. The Bertz CT molecular complexity index is 474. The molecule has 0 saturated carbocycles. The molecular weight excluding hydrogens is 188 g/mol. The van der Waals surface area contributed by atoms with Gasteiger partial charge in [0.05, 0.1) is 12.2 Å². The predicted octanol–water partition coefficient (Wildman–Crippen LogP) is 2.05. The first-order valence-corrected chi connectivity index (χ1v) is 4.82. The highest BCUT2D eigenvalue weighted by Crippen LogP contribution is 2.05. The molecule has 0 unspecified atom stereocenters. The van der Waals surface area contributed by atoms with Gasteiger partial charge in [-0.25, -0.2) is 0 Å². The van der Waals surface area contributed by atoms with Gasteiger partial charge in [-0.3, -0.25) is 9.48 Å². The van der Waals surface area contributed by atoms with E-state index in [2.05, 4.69) is 5.10 Å². The van der Waals surface area contributed by atoms with Crippen LogP contribution in [0.3, 0.4) is 0 Å². The van der Waals surface area contributed by atoms with Gasteiger partial charge in [0.15, 0.2) is 0 Å². The van der Waals surface area contributed by atoms with Gasteiger partial charge in [-0.15, -0.1) is 0 Å². The fraction of sp³-hybridized carbons (Fsp3) is 0.167. The summed E-state index contributed by atoms with van der Waals surface area (Å²) in [5.41, 5.74) is 2.79. The highest BCUT2D eigenvalue weighted by molar-refractivity contribution is 5.74. The van der Waals surface area contributed by atoms with Gasteiger partial charge in [-0.1, -0.05) is 18.2 Å². The number of aldehydes is 1. The van der Waals surface area contributed by atoms with Crippen molar-refractivity contribution in [3.05, 3.63) is 53.3 Å². The highest BCUT2D eigenvalue weighted by Gasteiger charge is 1.97. The molecule has 0 bridgehead atoms. The molecule has 0 N–H and O–H groups in total. The SMILES string of the molecule is Cc1ccn(Cc2cccc(C=O)c2)n1. The molecule has 0 aliphatic heterocycles. The van der Waals surface area contributed by atoms with Crippen molar-refractivity contribution in [1.82, 2.24) is 9.78 Å². The lowest BCUT2D eigenvalue weighted by Crippen LogP contribution is -2.00. The Morgan fingerprint density at radius 2 is 2.27 bits per heavy atom. The van der Waals surface area contributed by atoms with Crippen molar-refractivity contribution in [2.75, 3.05) is 0 Å². The van der Waals surface area contributed by atoms with Crippen molar-refractivity contribution in [1.29, 1.82) is 0 Å². The van der Waals surface area contributed by atoms with Gasteiger partial charge in [-0.2, -0.15) is 5.10 Å². The van der Waals surface area contributed by atoms with Gasteiger partial charge in [-0.05, 0) is 24.6 Å². The Balaban J connectivity index is 2.20. The molecule has 0 amide bonds. The van der Waals surface area contributed by atoms with Gasteiger partial charge >= 0.3 is 0 Å². The summed E-state index contributed by atoms with van der Waals surface area (Å²) in [6, 6.07) is 9.51. The molecule has 15 heavy (non-hydrogen) atoms. The minimum atomic E-state index is 0.704. The van der Waals surface area contributed by atoms with Crippen molar-refractivity contribution >= 4 is 6.29 Å². The first kappa shape index (κ1) is 9.65. The molecule has 0 saturated heterocycles. The van der Waals surface area contributed by atoms with Crippen LogP contribution in [0.15, 0.2) is 36.5 Å². The molecule has 3 heteroatoms. The summed E-state index contributed by atoms with van der Waals surface area (Å²) < 4.78 is 1.86. The van der Waals surface area contributed by atoms with E-state index in [1.807, 2.05) is 42.1 Å². The molecule has 2 rings (SSSR count). The second kappa shape index (κ2) is 4.09. The Morgan fingerprint density at radius 3 is 2.93 bits per heavy atom. The number of hydrogen-bond acceptors (Lipinski definition) is 2. The molecule has 1 aromatic carbocycles. The predicted molar refractivity (Wildman–Crippen MR) is 57.9 cm³/mol. The van der Waals surface area contributed by atoms with Gasteiger partial charge < -0.3 is 0 Å². The number of hydrogen-bond donors (Lipinski definition) is 0. The Hall–Kier alpha value is -1.90. The maximum atomic E-state index is 10.6. The third-order valence-electron chi connectivity index (χ3n) is 2.21. The van der Waals surface area contributed by atoms with Gasteiger partial charge in [0.2, 0.25) is 0 Å². The summed E-state index contributed by atoms with van der Waals surface area (Å²) in [6.07, 6.45) is 2.79. The minimum absolute atomic E-state index is 0.704. The zero-order valence-electron chi connectivity index (χ0n) is 8.55. The first-order chi connectivity index (χ1) is 7.28. The summed E-state index contributed by atoms with van der Waals surface area (Å²) in [6.45, 7) is 2.66. The number of aromatic nitrogens is 2. The van der Waals surface area contributed by atoms with Gasteiger partial charge in [0.1, 0.15) is 6.29 Å². The lowest BCUT2D eigenvalue weighted by atomic mass is 10.1. The fourth-order valence-electron chi connectivity index (χ4n) is 1.50. The van der Waals surface area contributed by atoms with Gasteiger partial charge in [0, 0.05) is 11.8 Å². The smallest absolute Gasteiger partial charge is 0.150 e. The van der Waals surface area contributed by atoms with Crippen LogP contribution in [0, 0.1) is 6.92 Å². The van der Waals surface area contributed by atoms with E-state index in [0.29, 0.717) is 12.1 Å². The number of carbonyl (C=O) groups is 1. The number of benzene rings is 1. The van der Waals surface area contributed by atoms with E-state index in [1.54, 1.807) is 6.07 Å². The van der Waals surface area contributed by atoms with Crippen LogP contribution in [0.1, 0.15) is 21.6 Å². The lowest BCUT2D eigenvalue weighted by Gasteiger charge is -2.02. The molecule has 0 aliphatic carbocycles. The van der Waals surface area contributed by atoms with Crippen molar-refractivity contribution < 1.29 is 4.79 Å². The van der Waals surface area contributed by atoms with E-state index < -0.39 is 0 Å². The Morgan fingerprint density at radius 1 is 1.40 bits per heavy atom. The molecular formula is C12H12N2O. The number of rotatable bonds is 3. The molecule has 1 aromatic heterocycles. The van der Waals surface area contributed by atoms with E-state index >= 15 is 0 Å². The Labute approximate surface area is 88.4 Å². The molecule has 0 radical (unpaired) electrons. The number of aryl methyl sites for hydroxylation is 1. The van der Waals surface area contributed by atoms with E-state index in [4.69, 9.17) is 0 Å². The maximum absolute atomic E-state index is 10.6. The molecule has 0 spiro atoms. The van der Waals surface area contributed by atoms with Crippen LogP contribution < -0.4 is 0 Å². The van der Waals surface area contributed by atoms with E-state index in [9.17, 15) is 4.79 Å². The molecule has 0 fully saturated rings. The Kier molecular flexibility index (Phi) is 2.63. The summed E-state index contributed by atoms with van der Waals surface area (Å²) in [4.78, 5) is 10.6. The van der Waals surface area contributed by atoms with Crippen molar-refractivity contribution in [2.24, 2.45) is 0 Å². The molecule has 2 aromatic rings. The number of carbonyl (C=O) groups excluding carboxylic acids is 1.